The summed E-state index contributed by atoms with van der Waals surface area (Å²) in [6, 6.07) is 0. The van der Waals surface area contributed by atoms with Crippen LogP contribution < -0.4 is 0 Å². The average molecular weight is 278 g/mol. The molecule has 0 saturated carbocycles. The maximum absolute atomic E-state index is 10.9. The Labute approximate surface area is 90.8 Å². The highest BCUT2D eigenvalue weighted by molar-refractivity contribution is 7.60. The van der Waals surface area contributed by atoms with Crippen molar-refractivity contribution in [3.05, 3.63) is 11.3 Å². The van der Waals surface area contributed by atoms with Crippen molar-refractivity contribution >= 4 is 15.6 Å². The third-order valence-corrected chi connectivity index (χ3v) is 3.44. The van der Waals surface area contributed by atoms with Crippen LogP contribution in [-0.2, 0) is 18.0 Å². The third-order valence-electron chi connectivity index (χ3n) is 1.30. The molecule has 0 bridgehead atoms. The quantitative estimate of drug-likeness (QED) is 0.334. The molecule has 96 valence electrons. The van der Waals surface area contributed by atoms with Crippen LogP contribution in [0, 0.1) is 0 Å². The molecule has 16 heavy (non-hydrogen) atoms. The van der Waals surface area contributed by atoms with E-state index in [0.29, 0.717) is 0 Å². The van der Waals surface area contributed by atoms with E-state index in [0.717, 1.165) is 0 Å². The maximum atomic E-state index is 10.9. The smallest absolute Gasteiger partial charge is 0.481 e. The monoisotopic (exact) mass is 278 g/mol. The minimum atomic E-state index is -5.16. The van der Waals surface area contributed by atoms with Gasteiger partial charge in [0, 0.05) is 0 Å². The van der Waals surface area contributed by atoms with E-state index in [4.69, 9.17) is 24.9 Å². The summed E-state index contributed by atoms with van der Waals surface area (Å²) in [7, 11) is -10.1. The number of aliphatic hydroxyl groups is 2. The van der Waals surface area contributed by atoms with Crippen LogP contribution in [0.3, 0.4) is 0 Å². The van der Waals surface area contributed by atoms with Gasteiger partial charge in [0.2, 0.25) is 0 Å². The van der Waals surface area contributed by atoms with Crippen LogP contribution in [0.2, 0.25) is 0 Å². The SMILES string of the molecule is C/C(CO)=C(/O)COP(=O)(O)OP(=O)(O)O. The lowest BCUT2D eigenvalue weighted by Gasteiger charge is -2.12. The van der Waals surface area contributed by atoms with Gasteiger partial charge >= 0.3 is 15.6 Å². The highest BCUT2D eigenvalue weighted by Gasteiger charge is 2.32. The minimum Gasteiger partial charge on any atom is -0.510 e. The van der Waals surface area contributed by atoms with Gasteiger partial charge in [0.1, 0.15) is 12.4 Å². The Hall–Kier alpha value is -0.240. The van der Waals surface area contributed by atoms with Gasteiger partial charge in [-0.15, -0.1) is 0 Å². The molecule has 0 heterocycles. The van der Waals surface area contributed by atoms with E-state index in [9.17, 15) is 9.13 Å². The second kappa shape index (κ2) is 5.90. The number of phosphoric ester groups is 1. The van der Waals surface area contributed by atoms with Gasteiger partial charge in [0.15, 0.2) is 0 Å². The Balaban J connectivity index is 4.42. The molecule has 0 radical (unpaired) electrons. The lowest BCUT2D eigenvalue weighted by Crippen LogP contribution is -2.02. The van der Waals surface area contributed by atoms with E-state index in [2.05, 4.69) is 8.83 Å². The second-order valence-corrected chi connectivity index (χ2v) is 5.53. The topological polar surface area (TPSA) is 154 Å². The van der Waals surface area contributed by atoms with E-state index in [1.807, 2.05) is 0 Å². The molecule has 1 unspecified atom stereocenters. The molecule has 0 amide bonds. The summed E-state index contributed by atoms with van der Waals surface area (Å²) in [5.74, 6) is -0.536. The van der Waals surface area contributed by atoms with Crippen LogP contribution in [0.5, 0.6) is 0 Å². The first-order valence-electron chi connectivity index (χ1n) is 3.80. The van der Waals surface area contributed by atoms with Crippen molar-refractivity contribution in [3.63, 3.8) is 0 Å². The summed E-state index contributed by atoms with van der Waals surface area (Å²) >= 11 is 0. The van der Waals surface area contributed by atoms with Crippen molar-refractivity contribution in [2.24, 2.45) is 0 Å². The Morgan fingerprint density at radius 3 is 2.12 bits per heavy atom. The Morgan fingerprint density at radius 2 is 1.75 bits per heavy atom. The lowest BCUT2D eigenvalue weighted by molar-refractivity contribution is 0.169. The fourth-order valence-electron chi connectivity index (χ4n) is 0.515. The van der Waals surface area contributed by atoms with Gasteiger partial charge in [0.25, 0.3) is 0 Å². The zero-order valence-corrected chi connectivity index (χ0v) is 9.97. The first kappa shape index (κ1) is 15.8. The second-order valence-electron chi connectivity index (χ2n) is 2.70. The molecule has 0 aromatic rings. The van der Waals surface area contributed by atoms with Gasteiger partial charge in [-0.2, -0.15) is 4.31 Å². The van der Waals surface area contributed by atoms with E-state index in [-0.39, 0.29) is 5.57 Å². The largest absolute Gasteiger partial charge is 0.510 e. The van der Waals surface area contributed by atoms with Gasteiger partial charge in [-0.3, -0.25) is 4.52 Å². The van der Waals surface area contributed by atoms with E-state index >= 15 is 0 Å². The molecule has 0 aromatic carbocycles. The highest BCUT2D eigenvalue weighted by Crippen LogP contribution is 2.57. The van der Waals surface area contributed by atoms with Gasteiger partial charge in [-0.1, -0.05) is 0 Å². The molecule has 0 aromatic heterocycles. The number of rotatable bonds is 6. The minimum absolute atomic E-state index is 0.0798. The number of phosphoric acid groups is 2. The van der Waals surface area contributed by atoms with Gasteiger partial charge in [0.05, 0.1) is 6.61 Å². The summed E-state index contributed by atoms with van der Waals surface area (Å²) in [5.41, 5.74) is 0.0798. The molecule has 9 nitrogen and oxygen atoms in total. The van der Waals surface area contributed by atoms with Crippen LogP contribution in [-0.4, -0.2) is 38.1 Å². The summed E-state index contributed by atoms with van der Waals surface area (Å²) < 4.78 is 28.6. The summed E-state index contributed by atoms with van der Waals surface area (Å²) in [4.78, 5) is 25.2. The van der Waals surface area contributed by atoms with Crippen LogP contribution >= 0.6 is 15.6 Å². The normalized spacial score (nSPS) is 17.8. The lowest BCUT2D eigenvalue weighted by atomic mass is 10.3. The van der Waals surface area contributed by atoms with Crippen molar-refractivity contribution in [1.82, 2.24) is 0 Å². The molecular formula is C5H12O9P2. The molecule has 0 fully saturated rings. The maximum Gasteiger partial charge on any atom is 0.481 e. The number of hydrogen-bond donors (Lipinski definition) is 5. The van der Waals surface area contributed by atoms with Crippen molar-refractivity contribution in [2.75, 3.05) is 13.2 Å². The fraction of sp³-hybridized carbons (Fsp3) is 0.600. The van der Waals surface area contributed by atoms with Gasteiger partial charge < -0.3 is 24.9 Å². The molecule has 0 saturated heterocycles. The number of aliphatic hydroxyl groups excluding tert-OH is 2. The Kier molecular flexibility index (Phi) is 5.81. The summed E-state index contributed by atoms with van der Waals surface area (Å²) in [6.45, 7) is 0.00920. The first-order valence-corrected chi connectivity index (χ1v) is 6.82. The Morgan fingerprint density at radius 1 is 1.25 bits per heavy atom. The molecule has 0 rings (SSSR count). The zero-order chi connectivity index (χ0) is 13.0. The molecule has 0 aliphatic heterocycles. The molecule has 0 spiro atoms. The predicted octanol–water partition coefficient (Wildman–Crippen LogP) is 0.0370. The van der Waals surface area contributed by atoms with Gasteiger partial charge in [-0.05, 0) is 12.5 Å². The summed E-state index contributed by atoms with van der Waals surface area (Å²) in [6.07, 6.45) is 0. The third kappa shape index (κ3) is 7.10. The molecule has 1 atom stereocenters. The average Bonchev–Trinajstić information content (AvgIpc) is 2.09. The van der Waals surface area contributed by atoms with E-state index in [1.54, 1.807) is 0 Å². The first-order chi connectivity index (χ1) is 7.07. The summed E-state index contributed by atoms with van der Waals surface area (Å²) in [5, 5.41) is 17.7. The van der Waals surface area contributed by atoms with Crippen molar-refractivity contribution in [2.45, 2.75) is 6.92 Å². The van der Waals surface area contributed by atoms with Crippen LogP contribution in [0.15, 0.2) is 11.3 Å². The molecule has 5 N–H and O–H groups in total. The van der Waals surface area contributed by atoms with Crippen LogP contribution in [0.4, 0.5) is 0 Å². The molecule has 11 heteroatoms. The fourth-order valence-corrected chi connectivity index (χ4v) is 2.06. The van der Waals surface area contributed by atoms with E-state index < -0.39 is 34.6 Å². The van der Waals surface area contributed by atoms with Crippen molar-refractivity contribution in [1.29, 1.82) is 0 Å². The van der Waals surface area contributed by atoms with Crippen molar-refractivity contribution < 1.29 is 42.9 Å². The zero-order valence-electron chi connectivity index (χ0n) is 8.18. The van der Waals surface area contributed by atoms with Crippen LogP contribution in [0.1, 0.15) is 6.92 Å². The van der Waals surface area contributed by atoms with Crippen molar-refractivity contribution in [3.8, 4) is 0 Å². The van der Waals surface area contributed by atoms with E-state index in [1.165, 1.54) is 6.92 Å². The predicted molar refractivity (Wildman–Crippen MR) is 51.3 cm³/mol. The highest BCUT2D eigenvalue weighted by atomic mass is 31.3. The molecule has 0 aliphatic carbocycles. The molecular weight excluding hydrogens is 266 g/mol. The van der Waals surface area contributed by atoms with Gasteiger partial charge in [-0.25, -0.2) is 9.13 Å². The molecule has 0 aliphatic rings. The standard InChI is InChI=1S/C5H12O9P2/c1-4(2-6)5(7)3-13-16(11,12)14-15(8,9)10/h6-7H,2-3H2,1H3,(H,11,12)(H2,8,9,10)/b5-4-. The van der Waals surface area contributed by atoms with Crippen LogP contribution in [0.25, 0.3) is 0 Å². The number of hydrogen-bond acceptors (Lipinski definition) is 6. The Bertz CT molecular complexity index is 355.